The van der Waals surface area contributed by atoms with Crippen molar-refractivity contribution in [2.45, 2.75) is 6.61 Å². The van der Waals surface area contributed by atoms with Crippen molar-refractivity contribution >= 4 is 5.69 Å². The molecule has 4 heteroatoms. The van der Waals surface area contributed by atoms with Crippen molar-refractivity contribution in [1.29, 1.82) is 0 Å². The van der Waals surface area contributed by atoms with E-state index in [0.29, 0.717) is 12.3 Å². The molecule has 0 bridgehead atoms. The summed E-state index contributed by atoms with van der Waals surface area (Å²) in [6, 6.07) is 12.4. The molecule has 0 radical (unpaired) electrons. The second kappa shape index (κ2) is 5.31. The monoisotopic (exact) mass is 245 g/mol. The molecule has 0 heterocycles. The summed E-state index contributed by atoms with van der Waals surface area (Å²) in [6.07, 6.45) is 0. The Labute approximate surface area is 106 Å². The van der Waals surface area contributed by atoms with Gasteiger partial charge < -0.3 is 20.3 Å². The number of ether oxygens (including phenoxy) is 2. The van der Waals surface area contributed by atoms with Crippen LogP contribution in [-0.2, 0) is 6.61 Å². The van der Waals surface area contributed by atoms with Crippen LogP contribution in [0.3, 0.4) is 0 Å². The first-order valence-electron chi connectivity index (χ1n) is 5.53. The molecule has 0 spiro atoms. The Morgan fingerprint density at radius 1 is 1.06 bits per heavy atom. The van der Waals surface area contributed by atoms with Gasteiger partial charge >= 0.3 is 0 Å². The fraction of sp³-hybridized carbons (Fsp3) is 0.143. The third-order valence-electron chi connectivity index (χ3n) is 2.56. The fourth-order valence-corrected chi connectivity index (χ4v) is 1.53. The Hall–Kier alpha value is -2.36. The van der Waals surface area contributed by atoms with E-state index in [4.69, 9.17) is 15.2 Å². The number of nitrogens with two attached hydrogens (primary N) is 1. The third kappa shape index (κ3) is 2.85. The van der Waals surface area contributed by atoms with Crippen LogP contribution in [0.4, 0.5) is 5.69 Å². The second-order valence-electron chi connectivity index (χ2n) is 3.86. The lowest BCUT2D eigenvalue weighted by Gasteiger charge is -2.08. The number of benzene rings is 2. The van der Waals surface area contributed by atoms with Gasteiger partial charge in [0.15, 0.2) is 0 Å². The summed E-state index contributed by atoms with van der Waals surface area (Å²) < 4.78 is 10.7. The number of phenols is 1. The summed E-state index contributed by atoms with van der Waals surface area (Å²) in [5, 5.41) is 9.31. The summed E-state index contributed by atoms with van der Waals surface area (Å²) in [7, 11) is 1.62. The number of phenolic OH excluding ortho intramolecular Hbond substituents is 1. The van der Waals surface area contributed by atoms with Gasteiger partial charge in [-0.2, -0.15) is 0 Å². The van der Waals surface area contributed by atoms with Gasteiger partial charge in [-0.05, 0) is 42.0 Å². The average Bonchev–Trinajstić information content (AvgIpc) is 2.41. The topological polar surface area (TPSA) is 64.7 Å². The molecular formula is C14H15NO3. The maximum Gasteiger partial charge on any atom is 0.138 e. The highest BCUT2D eigenvalue weighted by atomic mass is 16.5. The summed E-state index contributed by atoms with van der Waals surface area (Å²) in [5.41, 5.74) is 6.86. The Morgan fingerprint density at radius 2 is 1.72 bits per heavy atom. The van der Waals surface area contributed by atoms with Gasteiger partial charge in [-0.1, -0.05) is 6.07 Å². The van der Waals surface area contributed by atoms with Crippen LogP contribution in [0.1, 0.15) is 5.56 Å². The molecule has 0 saturated heterocycles. The van der Waals surface area contributed by atoms with Crippen molar-refractivity contribution in [3.8, 4) is 17.2 Å². The highest BCUT2D eigenvalue weighted by Crippen LogP contribution is 2.22. The first-order chi connectivity index (χ1) is 8.69. The molecule has 0 aliphatic rings. The van der Waals surface area contributed by atoms with E-state index in [1.807, 2.05) is 24.3 Å². The van der Waals surface area contributed by atoms with Crippen molar-refractivity contribution in [1.82, 2.24) is 0 Å². The zero-order valence-corrected chi connectivity index (χ0v) is 10.1. The van der Waals surface area contributed by atoms with Crippen molar-refractivity contribution in [2.75, 3.05) is 12.8 Å². The molecule has 4 nitrogen and oxygen atoms in total. The highest BCUT2D eigenvalue weighted by molar-refractivity contribution is 5.53. The molecule has 2 aromatic rings. The van der Waals surface area contributed by atoms with Crippen LogP contribution in [-0.4, -0.2) is 12.2 Å². The lowest BCUT2D eigenvalue weighted by Crippen LogP contribution is -1.97. The van der Waals surface area contributed by atoms with Gasteiger partial charge in [-0.25, -0.2) is 0 Å². The van der Waals surface area contributed by atoms with Crippen molar-refractivity contribution < 1.29 is 14.6 Å². The zero-order chi connectivity index (χ0) is 13.0. The van der Waals surface area contributed by atoms with Crippen LogP contribution >= 0.6 is 0 Å². The molecule has 0 aliphatic heterocycles. The van der Waals surface area contributed by atoms with E-state index >= 15 is 0 Å². The third-order valence-corrected chi connectivity index (χ3v) is 2.56. The molecule has 0 fully saturated rings. The Kier molecular flexibility index (Phi) is 3.57. The first kappa shape index (κ1) is 12.1. The van der Waals surface area contributed by atoms with Crippen LogP contribution in [0.5, 0.6) is 17.2 Å². The van der Waals surface area contributed by atoms with Crippen molar-refractivity contribution in [2.24, 2.45) is 0 Å². The van der Waals surface area contributed by atoms with Gasteiger partial charge in [-0.3, -0.25) is 0 Å². The van der Waals surface area contributed by atoms with Crippen LogP contribution in [0.15, 0.2) is 42.5 Å². The number of rotatable bonds is 4. The quantitative estimate of drug-likeness (QED) is 0.641. The van der Waals surface area contributed by atoms with Crippen LogP contribution in [0.25, 0.3) is 0 Å². The molecule has 2 rings (SSSR count). The minimum atomic E-state index is 0.0863. The van der Waals surface area contributed by atoms with E-state index in [1.165, 1.54) is 0 Å². The van der Waals surface area contributed by atoms with E-state index in [-0.39, 0.29) is 5.75 Å². The molecule has 0 unspecified atom stereocenters. The maximum atomic E-state index is 9.31. The smallest absolute Gasteiger partial charge is 0.138 e. The number of methoxy groups -OCH3 is 1. The van der Waals surface area contributed by atoms with E-state index in [1.54, 1.807) is 25.3 Å². The lowest BCUT2D eigenvalue weighted by atomic mass is 10.2. The van der Waals surface area contributed by atoms with Gasteiger partial charge in [-0.15, -0.1) is 0 Å². The summed E-state index contributed by atoms with van der Waals surface area (Å²) >= 11 is 0. The van der Waals surface area contributed by atoms with E-state index in [0.717, 1.165) is 17.1 Å². The predicted octanol–water partition coefficient (Wildman–Crippen LogP) is 2.56. The molecule has 0 amide bonds. The van der Waals surface area contributed by atoms with E-state index in [9.17, 15) is 5.11 Å². The summed E-state index contributed by atoms with van der Waals surface area (Å²) in [6.45, 7) is 0.400. The van der Waals surface area contributed by atoms with Crippen molar-refractivity contribution in [3.63, 3.8) is 0 Å². The lowest BCUT2D eigenvalue weighted by molar-refractivity contribution is 0.305. The standard InChI is InChI=1S/C14H15NO3/c1-17-11-3-5-12(6-4-11)18-9-10-2-7-14(16)13(15)8-10/h2-8,16H,9,15H2,1H3. The molecule has 18 heavy (non-hydrogen) atoms. The maximum absolute atomic E-state index is 9.31. The number of hydrogen-bond acceptors (Lipinski definition) is 4. The number of hydrogen-bond donors (Lipinski definition) is 2. The molecular weight excluding hydrogens is 230 g/mol. The minimum absolute atomic E-state index is 0.0863. The predicted molar refractivity (Wildman–Crippen MR) is 69.8 cm³/mol. The zero-order valence-electron chi connectivity index (χ0n) is 10.1. The largest absolute Gasteiger partial charge is 0.506 e. The molecule has 3 N–H and O–H groups in total. The molecule has 0 aromatic heterocycles. The van der Waals surface area contributed by atoms with Gasteiger partial charge in [0.05, 0.1) is 12.8 Å². The van der Waals surface area contributed by atoms with E-state index in [2.05, 4.69) is 0 Å². The minimum Gasteiger partial charge on any atom is -0.506 e. The molecule has 0 atom stereocenters. The molecule has 94 valence electrons. The molecule has 0 saturated carbocycles. The fourth-order valence-electron chi connectivity index (χ4n) is 1.53. The average molecular weight is 245 g/mol. The summed E-state index contributed by atoms with van der Waals surface area (Å²) in [4.78, 5) is 0. The van der Waals surface area contributed by atoms with Crippen LogP contribution in [0.2, 0.25) is 0 Å². The number of nitrogen functional groups attached to an aromatic ring is 1. The van der Waals surface area contributed by atoms with Crippen LogP contribution in [0, 0.1) is 0 Å². The van der Waals surface area contributed by atoms with Gasteiger partial charge in [0, 0.05) is 0 Å². The first-order valence-corrected chi connectivity index (χ1v) is 5.53. The molecule has 0 aliphatic carbocycles. The molecule has 2 aromatic carbocycles. The second-order valence-corrected chi connectivity index (χ2v) is 3.86. The Bertz CT molecular complexity index is 523. The number of anilines is 1. The van der Waals surface area contributed by atoms with Gasteiger partial charge in [0.2, 0.25) is 0 Å². The SMILES string of the molecule is COc1ccc(OCc2ccc(O)c(N)c2)cc1. The highest BCUT2D eigenvalue weighted by Gasteiger charge is 2.00. The van der Waals surface area contributed by atoms with E-state index < -0.39 is 0 Å². The summed E-state index contributed by atoms with van der Waals surface area (Å²) in [5.74, 6) is 1.63. The van der Waals surface area contributed by atoms with Crippen molar-refractivity contribution in [3.05, 3.63) is 48.0 Å². The Morgan fingerprint density at radius 3 is 2.33 bits per heavy atom. The van der Waals surface area contributed by atoms with Crippen LogP contribution < -0.4 is 15.2 Å². The Balaban J connectivity index is 1.99. The van der Waals surface area contributed by atoms with Gasteiger partial charge in [0.1, 0.15) is 23.9 Å². The normalized spacial score (nSPS) is 10.1. The number of aromatic hydroxyl groups is 1. The van der Waals surface area contributed by atoms with Gasteiger partial charge in [0.25, 0.3) is 0 Å².